The Kier molecular flexibility index (Phi) is 4.26. The molecule has 0 saturated carbocycles. The number of aromatic nitrogens is 4. The average molecular weight is 304 g/mol. The summed E-state index contributed by atoms with van der Waals surface area (Å²) >= 11 is 0. The van der Waals surface area contributed by atoms with E-state index in [0.29, 0.717) is 6.04 Å². The van der Waals surface area contributed by atoms with Crippen LogP contribution in [0, 0.1) is 13.8 Å². The number of nitrogens with zero attached hydrogens (tertiary/aromatic N) is 6. The lowest BCUT2D eigenvalue weighted by molar-refractivity contribution is 0.210. The Labute approximate surface area is 130 Å². The molecule has 1 atom stereocenters. The van der Waals surface area contributed by atoms with Crippen LogP contribution in [0.5, 0.6) is 0 Å². The fraction of sp³-hybridized carbons (Fsp3) is 0.667. The largest absolute Gasteiger partial charge is 0.445 e. The number of likely N-dealkylation sites (tertiary alicyclic amines) is 1. The first-order valence-electron chi connectivity index (χ1n) is 7.71. The molecule has 7 nitrogen and oxygen atoms in total. The summed E-state index contributed by atoms with van der Waals surface area (Å²) in [5, 5.41) is 8.37. The smallest absolute Gasteiger partial charge is 0.208 e. The van der Waals surface area contributed by atoms with E-state index in [-0.39, 0.29) is 0 Å². The van der Waals surface area contributed by atoms with E-state index in [1.807, 2.05) is 20.9 Å². The van der Waals surface area contributed by atoms with Crippen LogP contribution in [0.2, 0.25) is 0 Å². The van der Waals surface area contributed by atoms with Gasteiger partial charge >= 0.3 is 0 Å². The molecule has 0 amide bonds. The Balaban J connectivity index is 1.54. The normalized spacial score (nSPS) is 19.4. The molecule has 7 heteroatoms. The van der Waals surface area contributed by atoms with Crippen molar-refractivity contribution in [3.63, 3.8) is 0 Å². The molecule has 22 heavy (non-hydrogen) atoms. The van der Waals surface area contributed by atoms with Gasteiger partial charge in [0.25, 0.3) is 0 Å². The molecule has 0 radical (unpaired) electrons. The molecular weight excluding hydrogens is 280 g/mol. The van der Waals surface area contributed by atoms with Crippen molar-refractivity contribution in [1.82, 2.24) is 29.5 Å². The number of aryl methyl sites for hydroxylation is 2. The lowest BCUT2D eigenvalue weighted by Gasteiger charge is -2.24. The van der Waals surface area contributed by atoms with Crippen molar-refractivity contribution in [3.05, 3.63) is 29.5 Å². The van der Waals surface area contributed by atoms with Gasteiger partial charge in [0.05, 0.1) is 19.3 Å². The molecule has 1 fully saturated rings. The van der Waals surface area contributed by atoms with Crippen LogP contribution in [0.1, 0.15) is 29.7 Å². The summed E-state index contributed by atoms with van der Waals surface area (Å²) in [7, 11) is 4.18. The van der Waals surface area contributed by atoms with E-state index in [0.717, 1.165) is 55.9 Å². The van der Waals surface area contributed by atoms with Crippen LogP contribution in [0.4, 0.5) is 0 Å². The molecule has 2 aromatic rings. The zero-order chi connectivity index (χ0) is 15.7. The highest BCUT2D eigenvalue weighted by Gasteiger charge is 2.27. The van der Waals surface area contributed by atoms with Crippen LogP contribution in [0.25, 0.3) is 0 Å². The van der Waals surface area contributed by atoms with Crippen LogP contribution in [0.15, 0.2) is 10.6 Å². The van der Waals surface area contributed by atoms with Crippen molar-refractivity contribution in [3.8, 4) is 0 Å². The molecule has 120 valence electrons. The molecule has 0 N–H and O–H groups in total. The van der Waals surface area contributed by atoms with Gasteiger partial charge in [-0.15, -0.1) is 10.2 Å². The van der Waals surface area contributed by atoms with Gasteiger partial charge in [0.15, 0.2) is 0 Å². The lowest BCUT2D eigenvalue weighted by Crippen LogP contribution is -2.34. The molecule has 1 aliphatic heterocycles. The maximum Gasteiger partial charge on any atom is 0.208 e. The summed E-state index contributed by atoms with van der Waals surface area (Å²) in [6.45, 7) is 7.64. The standard InChI is InChI=1S/C15H24N6O/c1-11-7-16-15(22-11)10-21-6-5-13(8-21)19(3)9-14-18-17-12(2)20(14)4/h7,13H,5-6,8-10H2,1-4H3. The first-order valence-corrected chi connectivity index (χ1v) is 7.71. The van der Waals surface area contributed by atoms with Gasteiger partial charge in [-0.1, -0.05) is 0 Å². The number of hydrogen-bond donors (Lipinski definition) is 0. The highest BCUT2D eigenvalue weighted by atomic mass is 16.4. The van der Waals surface area contributed by atoms with E-state index in [1.54, 1.807) is 6.20 Å². The number of rotatable bonds is 5. The second kappa shape index (κ2) is 6.18. The van der Waals surface area contributed by atoms with Crippen LogP contribution in [-0.4, -0.2) is 55.7 Å². The quantitative estimate of drug-likeness (QED) is 0.825. The summed E-state index contributed by atoms with van der Waals surface area (Å²) < 4.78 is 7.62. The van der Waals surface area contributed by atoms with Crippen molar-refractivity contribution >= 4 is 0 Å². The van der Waals surface area contributed by atoms with Crippen molar-refractivity contribution < 1.29 is 4.42 Å². The average Bonchev–Trinajstić information content (AvgIpc) is 3.17. The predicted octanol–water partition coefficient (Wildman–Crippen LogP) is 1.13. The van der Waals surface area contributed by atoms with Crippen molar-refractivity contribution in [2.45, 2.75) is 39.4 Å². The number of hydrogen-bond acceptors (Lipinski definition) is 6. The Bertz CT molecular complexity index is 634. The molecular formula is C15H24N6O. The lowest BCUT2D eigenvalue weighted by atomic mass is 10.2. The number of likely N-dealkylation sites (N-methyl/N-ethyl adjacent to an activating group) is 1. The summed E-state index contributed by atoms with van der Waals surface area (Å²) in [4.78, 5) is 9.05. The van der Waals surface area contributed by atoms with Gasteiger partial charge in [0.1, 0.15) is 17.4 Å². The molecule has 1 unspecified atom stereocenters. The predicted molar refractivity (Wildman–Crippen MR) is 82.1 cm³/mol. The third-order valence-corrected chi connectivity index (χ3v) is 4.47. The van der Waals surface area contributed by atoms with E-state index in [9.17, 15) is 0 Å². The molecule has 0 aliphatic carbocycles. The Morgan fingerprint density at radius 1 is 1.36 bits per heavy atom. The van der Waals surface area contributed by atoms with E-state index in [4.69, 9.17) is 4.42 Å². The van der Waals surface area contributed by atoms with E-state index < -0.39 is 0 Å². The SMILES string of the molecule is Cc1cnc(CN2CCC(N(C)Cc3nnc(C)n3C)C2)o1. The fourth-order valence-corrected chi connectivity index (χ4v) is 2.92. The fourth-order valence-electron chi connectivity index (χ4n) is 2.92. The minimum absolute atomic E-state index is 0.535. The Hall–Kier alpha value is -1.73. The second-order valence-electron chi connectivity index (χ2n) is 6.18. The summed E-state index contributed by atoms with van der Waals surface area (Å²) in [5.74, 6) is 3.66. The monoisotopic (exact) mass is 304 g/mol. The van der Waals surface area contributed by atoms with E-state index in [1.165, 1.54) is 0 Å². The second-order valence-corrected chi connectivity index (χ2v) is 6.18. The van der Waals surface area contributed by atoms with Crippen LogP contribution < -0.4 is 0 Å². The number of oxazole rings is 1. The van der Waals surface area contributed by atoms with Crippen LogP contribution in [-0.2, 0) is 20.1 Å². The molecule has 0 spiro atoms. The van der Waals surface area contributed by atoms with Crippen molar-refractivity contribution in [2.24, 2.45) is 7.05 Å². The highest BCUT2D eigenvalue weighted by molar-refractivity contribution is 4.95. The molecule has 1 saturated heterocycles. The summed E-state index contributed by atoms with van der Waals surface area (Å²) in [6.07, 6.45) is 2.94. The Morgan fingerprint density at radius 3 is 2.82 bits per heavy atom. The van der Waals surface area contributed by atoms with Gasteiger partial charge in [0.2, 0.25) is 5.89 Å². The van der Waals surface area contributed by atoms with Gasteiger partial charge in [0, 0.05) is 26.2 Å². The van der Waals surface area contributed by atoms with E-state index >= 15 is 0 Å². The first kappa shape index (κ1) is 15.2. The molecule has 3 rings (SSSR count). The summed E-state index contributed by atoms with van der Waals surface area (Å²) in [5.41, 5.74) is 0. The highest BCUT2D eigenvalue weighted by Crippen LogP contribution is 2.18. The third kappa shape index (κ3) is 3.20. The van der Waals surface area contributed by atoms with Gasteiger partial charge in [-0.2, -0.15) is 0 Å². The van der Waals surface area contributed by atoms with Crippen LogP contribution >= 0.6 is 0 Å². The molecule has 0 bridgehead atoms. The molecule has 0 aromatic carbocycles. The zero-order valence-electron chi connectivity index (χ0n) is 13.8. The van der Waals surface area contributed by atoms with Gasteiger partial charge < -0.3 is 8.98 Å². The first-order chi connectivity index (χ1) is 10.5. The minimum Gasteiger partial charge on any atom is -0.445 e. The van der Waals surface area contributed by atoms with Crippen molar-refractivity contribution in [2.75, 3.05) is 20.1 Å². The topological polar surface area (TPSA) is 63.2 Å². The molecule has 1 aliphatic rings. The third-order valence-electron chi connectivity index (χ3n) is 4.47. The maximum absolute atomic E-state index is 5.57. The van der Waals surface area contributed by atoms with Crippen LogP contribution in [0.3, 0.4) is 0 Å². The van der Waals surface area contributed by atoms with Gasteiger partial charge in [-0.3, -0.25) is 9.80 Å². The molecule has 3 heterocycles. The van der Waals surface area contributed by atoms with Gasteiger partial charge in [-0.25, -0.2) is 4.98 Å². The zero-order valence-corrected chi connectivity index (χ0v) is 13.8. The van der Waals surface area contributed by atoms with Crippen molar-refractivity contribution in [1.29, 1.82) is 0 Å². The Morgan fingerprint density at radius 2 is 2.18 bits per heavy atom. The van der Waals surface area contributed by atoms with E-state index in [2.05, 4.69) is 36.6 Å². The molecule has 2 aromatic heterocycles. The maximum atomic E-state index is 5.57. The summed E-state index contributed by atoms with van der Waals surface area (Å²) in [6, 6.07) is 0.535. The minimum atomic E-state index is 0.535. The van der Waals surface area contributed by atoms with Gasteiger partial charge in [-0.05, 0) is 27.3 Å².